The number of para-hydroxylation sites is 1. The van der Waals surface area contributed by atoms with E-state index in [0.717, 1.165) is 29.0 Å². The SMILES string of the molecule is CCc1ccc(OCc2ccccc2C(=O)NC2(C)C=C(N)c3ccccc3N2)cc1. The third-order valence-corrected chi connectivity index (χ3v) is 5.44. The standard InChI is InChI=1S/C26H27N3O2/c1-3-18-12-14-20(15-13-18)31-17-19-8-4-5-9-21(19)25(30)29-26(2)16-23(27)22-10-6-7-11-24(22)28-26/h4-16,28H,3,17,27H2,1-2H3,(H,29,30). The third kappa shape index (κ3) is 4.56. The van der Waals surface area contributed by atoms with Crippen molar-refractivity contribution in [2.45, 2.75) is 32.5 Å². The van der Waals surface area contributed by atoms with E-state index in [-0.39, 0.29) is 5.91 Å². The molecule has 4 rings (SSSR count). The van der Waals surface area contributed by atoms with Crippen LogP contribution in [0.1, 0.15) is 40.9 Å². The topological polar surface area (TPSA) is 76.4 Å². The first-order valence-electron chi connectivity index (χ1n) is 10.5. The second kappa shape index (κ2) is 8.56. The molecule has 5 nitrogen and oxygen atoms in total. The fourth-order valence-corrected chi connectivity index (χ4v) is 3.77. The van der Waals surface area contributed by atoms with Crippen molar-refractivity contribution in [1.29, 1.82) is 0 Å². The lowest BCUT2D eigenvalue weighted by Gasteiger charge is -2.35. The van der Waals surface area contributed by atoms with Crippen molar-refractivity contribution >= 4 is 17.3 Å². The first kappa shape index (κ1) is 20.5. The second-order valence-electron chi connectivity index (χ2n) is 7.87. The van der Waals surface area contributed by atoms with Crippen LogP contribution in [-0.2, 0) is 13.0 Å². The van der Waals surface area contributed by atoms with Crippen LogP contribution in [0.3, 0.4) is 0 Å². The lowest BCUT2D eigenvalue weighted by Crippen LogP contribution is -2.52. The van der Waals surface area contributed by atoms with Crippen LogP contribution in [0.25, 0.3) is 5.70 Å². The molecule has 0 bridgehead atoms. The molecular weight excluding hydrogens is 386 g/mol. The van der Waals surface area contributed by atoms with E-state index in [0.29, 0.717) is 17.9 Å². The Bertz CT molecular complexity index is 1120. The number of benzene rings is 3. The van der Waals surface area contributed by atoms with E-state index >= 15 is 0 Å². The van der Waals surface area contributed by atoms with Crippen molar-refractivity contribution < 1.29 is 9.53 Å². The van der Waals surface area contributed by atoms with Crippen molar-refractivity contribution in [3.63, 3.8) is 0 Å². The fourth-order valence-electron chi connectivity index (χ4n) is 3.77. The van der Waals surface area contributed by atoms with Gasteiger partial charge in [-0.1, -0.05) is 55.5 Å². The number of ether oxygens (including phenoxy) is 1. The average molecular weight is 414 g/mol. The normalized spacial score (nSPS) is 17.2. The van der Waals surface area contributed by atoms with E-state index in [1.807, 2.05) is 67.6 Å². The highest BCUT2D eigenvalue weighted by molar-refractivity contribution is 5.97. The zero-order chi connectivity index (χ0) is 21.8. The van der Waals surface area contributed by atoms with Gasteiger partial charge in [0.15, 0.2) is 0 Å². The van der Waals surface area contributed by atoms with Crippen molar-refractivity contribution in [3.8, 4) is 5.75 Å². The van der Waals surface area contributed by atoms with Crippen LogP contribution in [0.15, 0.2) is 78.9 Å². The van der Waals surface area contributed by atoms with Crippen LogP contribution >= 0.6 is 0 Å². The fraction of sp³-hybridized carbons (Fsp3) is 0.192. The maximum atomic E-state index is 13.2. The minimum atomic E-state index is -0.806. The highest BCUT2D eigenvalue weighted by atomic mass is 16.5. The summed E-state index contributed by atoms with van der Waals surface area (Å²) >= 11 is 0. The summed E-state index contributed by atoms with van der Waals surface area (Å²) in [5.41, 5.74) is 10.5. The van der Waals surface area contributed by atoms with Gasteiger partial charge in [-0.05, 0) is 49.2 Å². The quantitative estimate of drug-likeness (QED) is 0.548. The first-order valence-corrected chi connectivity index (χ1v) is 10.5. The number of rotatable bonds is 6. The molecule has 1 heterocycles. The average Bonchev–Trinajstić information content (AvgIpc) is 2.78. The number of fused-ring (bicyclic) bond motifs is 1. The number of anilines is 1. The molecule has 1 unspecified atom stereocenters. The molecule has 4 N–H and O–H groups in total. The molecule has 0 saturated carbocycles. The Balaban J connectivity index is 1.50. The predicted molar refractivity (Wildman–Crippen MR) is 125 cm³/mol. The Hall–Kier alpha value is -3.73. The maximum absolute atomic E-state index is 13.2. The number of hydrogen-bond acceptors (Lipinski definition) is 4. The summed E-state index contributed by atoms with van der Waals surface area (Å²) in [5, 5.41) is 6.45. The number of nitrogens with two attached hydrogens (primary N) is 1. The zero-order valence-electron chi connectivity index (χ0n) is 17.8. The van der Waals surface area contributed by atoms with Crippen LogP contribution in [0, 0.1) is 0 Å². The van der Waals surface area contributed by atoms with Gasteiger partial charge >= 0.3 is 0 Å². The zero-order valence-corrected chi connectivity index (χ0v) is 17.8. The molecule has 3 aromatic carbocycles. The van der Waals surface area contributed by atoms with Gasteiger partial charge in [0.05, 0.1) is 0 Å². The molecule has 1 atom stereocenters. The molecule has 1 amide bonds. The number of carbonyl (C=O) groups is 1. The van der Waals surface area contributed by atoms with Crippen LogP contribution in [0.4, 0.5) is 5.69 Å². The number of hydrogen-bond donors (Lipinski definition) is 3. The van der Waals surface area contributed by atoms with Crippen LogP contribution in [-0.4, -0.2) is 11.6 Å². The molecule has 1 aliphatic rings. The molecule has 158 valence electrons. The molecule has 5 heteroatoms. The number of aryl methyl sites for hydroxylation is 1. The van der Waals surface area contributed by atoms with Crippen LogP contribution < -0.4 is 21.1 Å². The van der Waals surface area contributed by atoms with Crippen LogP contribution in [0.2, 0.25) is 0 Å². The van der Waals surface area contributed by atoms with Gasteiger partial charge in [0.2, 0.25) is 0 Å². The summed E-state index contributed by atoms with van der Waals surface area (Å²) in [6.45, 7) is 4.32. The number of nitrogens with one attached hydrogen (secondary N) is 2. The summed E-state index contributed by atoms with van der Waals surface area (Å²) in [6.07, 6.45) is 2.82. The Morgan fingerprint density at radius 3 is 2.52 bits per heavy atom. The highest BCUT2D eigenvalue weighted by Gasteiger charge is 2.30. The molecule has 0 saturated heterocycles. The first-order chi connectivity index (χ1) is 15.0. The summed E-state index contributed by atoms with van der Waals surface area (Å²) in [6, 6.07) is 23.3. The highest BCUT2D eigenvalue weighted by Crippen LogP contribution is 2.30. The Labute approximate surface area is 182 Å². The van der Waals surface area contributed by atoms with Gasteiger partial charge in [0, 0.05) is 28.1 Å². The van der Waals surface area contributed by atoms with E-state index in [1.54, 1.807) is 6.07 Å². The van der Waals surface area contributed by atoms with Gasteiger partial charge in [0.25, 0.3) is 5.91 Å². The van der Waals surface area contributed by atoms with Gasteiger partial charge in [-0.3, -0.25) is 4.79 Å². The van der Waals surface area contributed by atoms with Crippen LogP contribution in [0.5, 0.6) is 5.75 Å². The monoisotopic (exact) mass is 413 g/mol. The predicted octanol–water partition coefficient (Wildman–Crippen LogP) is 4.70. The van der Waals surface area contributed by atoms with E-state index in [4.69, 9.17) is 10.5 Å². The lowest BCUT2D eigenvalue weighted by molar-refractivity contribution is 0.0927. The largest absolute Gasteiger partial charge is 0.489 e. The summed E-state index contributed by atoms with van der Waals surface area (Å²) in [4.78, 5) is 13.2. The van der Waals surface area contributed by atoms with E-state index in [9.17, 15) is 4.79 Å². The number of amides is 1. The van der Waals surface area contributed by atoms with Gasteiger partial charge in [-0.15, -0.1) is 0 Å². The molecule has 0 spiro atoms. The number of carbonyl (C=O) groups excluding carboxylic acids is 1. The minimum Gasteiger partial charge on any atom is -0.489 e. The molecule has 0 aromatic heterocycles. The molecule has 0 fully saturated rings. The van der Waals surface area contributed by atoms with Gasteiger partial charge in [0.1, 0.15) is 18.0 Å². The van der Waals surface area contributed by atoms with E-state index in [1.165, 1.54) is 5.56 Å². The van der Waals surface area contributed by atoms with E-state index < -0.39 is 5.66 Å². The second-order valence-corrected chi connectivity index (χ2v) is 7.87. The maximum Gasteiger partial charge on any atom is 0.253 e. The third-order valence-electron chi connectivity index (χ3n) is 5.44. The molecule has 1 aliphatic heterocycles. The van der Waals surface area contributed by atoms with Gasteiger partial charge in [-0.25, -0.2) is 0 Å². The lowest BCUT2D eigenvalue weighted by atomic mass is 9.98. The molecule has 3 aromatic rings. The Kier molecular flexibility index (Phi) is 5.67. The van der Waals surface area contributed by atoms with Crippen molar-refractivity contribution in [2.75, 3.05) is 5.32 Å². The Morgan fingerprint density at radius 2 is 1.74 bits per heavy atom. The Morgan fingerprint density at radius 1 is 1.03 bits per heavy atom. The molecule has 0 aliphatic carbocycles. The van der Waals surface area contributed by atoms with E-state index in [2.05, 4.69) is 29.7 Å². The van der Waals surface area contributed by atoms with Crippen molar-refractivity contribution in [1.82, 2.24) is 5.32 Å². The summed E-state index contributed by atoms with van der Waals surface area (Å²) in [5.74, 6) is 0.583. The summed E-state index contributed by atoms with van der Waals surface area (Å²) in [7, 11) is 0. The minimum absolute atomic E-state index is 0.195. The van der Waals surface area contributed by atoms with Gasteiger partial charge in [-0.2, -0.15) is 0 Å². The molecular formula is C26H27N3O2. The van der Waals surface area contributed by atoms with Crippen molar-refractivity contribution in [2.24, 2.45) is 5.73 Å². The van der Waals surface area contributed by atoms with Crippen molar-refractivity contribution in [3.05, 3.63) is 101 Å². The van der Waals surface area contributed by atoms with Gasteiger partial charge < -0.3 is 21.1 Å². The smallest absolute Gasteiger partial charge is 0.253 e. The summed E-state index contributed by atoms with van der Waals surface area (Å²) < 4.78 is 5.93. The molecule has 0 radical (unpaired) electrons. The molecule has 31 heavy (non-hydrogen) atoms.